The molecule has 0 saturated carbocycles. The number of hydrogen-bond acceptors (Lipinski definition) is 2. The van der Waals surface area contributed by atoms with E-state index in [1.54, 1.807) is 31.2 Å². The van der Waals surface area contributed by atoms with Crippen LogP contribution in [0.5, 0.6) is 0 Å². The van der Waals surface area contributed by atoms with E-state index in [1.807, 2.05) is 18.2 Å². The third kappa shape index (κ3) is 2.28. The lowest BCUT2D eigenvalue weighted by Crippen LogP contribution is -2.01. The molecule has 0 saturated heterocycles. The molecule has 0 amide bonds. The first kappa shape index (κ1) is 10.6. The van der Waals surface area contributed by atoms with Crippen LogP contribution >= 0.6 is 7.14 Å². The van der Waals surface area contributed by atoms with Gasteiger partial charge in [0.05, 0.1) is 0 Å². The molecule has 1 rings (SSSR count). The lowest BCUT2D eigenvalue weighted by molar-refractivity contribution is 0.592. The first-order valence-corrected chi connectivity index (χ1v) is 5.99. The SMILES string of the molecule is C#CP(=O)(/C=C/NC)c1ccccc1. The van der Waals surface area contributed by atoms with Gasteiger partial charge in [-0.2, -0.15) is 0 Å². The van der Waals surface area contributed by atoms with Crippen LogP contribution in [0.3, 0.4) is 0 Å². The van der Waals surface area contributed by atoms with Crippen molar-refractivity contribution in [1.82, 2.24) is 5.32 Å². The van der Waals surface area contributed by atoms with Gasteiger partial charge in [0.25, 0.3) is 0 Å². The minimum absolute atomic E-state index is 0.689. The highest BCUT2D eigenvalue weighted by atomic mass is 31.2. The van der Waals surface area contributed by atoms with Crippen molar-refractivity contribution >= 4 is 12.4 Å². The molecule has 1 atom stereocenters. The van der Waals surface area contributed by atoms with E-state index < -0.39 is 7.14 Å². The summed E-state index contributed by atoms with van der Waals surface area (Å²) in [6, 6.07) is 9.08. The summed E-state index contributed by atoms with van der Waals surface area (Å²) in [5.74, 6) is 1.54. The first-order valence-electron chi connectivity index (χ1n) is 4.21. The standard InChI is InChI=1S/C11H12NOP/c1-3-14(13,10-9-12-2)11-7-5-4-6-8-11/h1,4-10,12H,2H3/b10-9+. The van der Waals surface area contributed by atoms with Crippen LogP contribution in [0.25, 0.3) is 0 Å². The Hall–Kier alpha value is -1.45. The zero-order chi connectivity index (χ0) is 10.4. The lowest BCUT2D eigenvalue weighted by atomic mass is 10.4. The highest BCUT2D eigenvalue weighted by Crippen LogP contribution is 2.44. The van der Waals surface area contributed by atoms with Crippen molar-refractivity contribution in [3.63, 3.8) is 0 Å². The van der Waals surface area contributed by atoms with E-state index >= 15 is 0 Å². The highest BCUT2D eigenvalue weighted by molar-refractivity contribution is 7.79. The summed E-state index contributed by atoms with van der Waals surface area (Å²) in [5, 5.41) is 3.47. The number of benzene rings is 1. The number of terminal acetylenes is 1. The van der Waals surface area contributed by atoms with E-state index in [2.05, 4.69) is 11.0 Å². The van der Waals surface area contributed by atoms with Crippen molar-refractivity contribution in [2.24, 2.45) is 0 Å². The Balaban J connectivity index is 3.11. The molecular formula is C11H12NOP. The molecule has 0 aliphatic rings. The molecule has 0 spiro atoms. The van der Waals surface area contributed by atoms with Crippen molar-refractivity contribution in [3.8, 4) is 12.1 Å². The van der Waals surface area contributed by atoms with E-state index in [1.165, 1.54) is 0 Å². The Bertz CT molecular complexity index is 403. The second-order valence-corrected chi connectivity index (χ2v) is 5.12. The molecule has 0 aliphatic carbocycles. The number of hydrogen-bond donors (Lipinski definition) is 1. The quantitative estimate of drug-likeness (QED) is 0.603. The predicted octanol–water partition coefficient (Wildman–Crippen LogP) is 1.96. The van der Waals surface area contributed by atoms with E-state index in [9.17, 15) is 4.57 Å². The minimum Gasteiger partial charge on any atom is -0.394 e. The molecule has 0 aromatic heterocycles. The van der Waals surface area contributed by atoms with Gasteiger partial charge in [-0.1, -0.05) is 30.3 Å². The van der Waals surface area contributed by atoms with Gasteiger partial charge >= 0.3 is 0 Å². The normalized spacial score (nSPS) is 14.6. The van der Waals surface area contributed by atoms with Crippen molar-refractivity contribution < 1.29 is 4.57 Å². The molecule has 0 aliphatic heterocycles. The summed E-state index contributed by atoms with van der Waals surface area (Å²) < 4.78 is 12.2. The van der Waals surface area contributed by atoms with Crippen molar-refractivity contribution in [2.75, 3.05) is 7.05 Å². The van der Waals surface area contributed by atoms with Crippen LogP contribution in [0.4, 0.5) is 0 Å². The summed E-state index contributed by atoms with van der Waals surface area (Å²) in [6.07, 6.45) is 6.89. The van der Waals surface area contributed by atoms with Gasteiger partial charge in [-0.25, -0.2) is 0 Å². The minimum atomic E-state index is -2.78. The second kappa shape index (κ2) is 4.69. The monoisotopic (exact) mass is 205 g/mol. The van der Waals surface area contributed by atoms with Gasteiger partial charge in [-0.15, -0.1) is 6.42 Å². The van der Waals surface area contributed by atoms with Crippen LogP contribution < -0.4 is 10.6 Å². The van der Waals surface area contributed by atoms with Crippen LogP contribution in [-0.4, -0.2) is 7.05 Å². The van der Waals surface area contributed by atoms with Crippen LogP contribution in [0.1, 0.15) is 0 Å². The maximum Gasteiger partial charge on any atom is 0.204 e. The average molecular weight is 205 g/mol. The summed E-state index contributed by atoms with van der Waals surface area (Å²) in [5.41, 5.74) is 2.36. The Morgan fingerprint density at radius 3 is 2.57 bits per heavy atom. The molecule has 0 heterocycles. The predicted molar refractivity (Wildman–Crippen MR) is 60.7 cm³/mol. The molecule has 14 heavy (non-hydrogen) atoms. The third-order valence-electron chi connectivity index (χ3n) is 1.78. The molecule has 72 valence electrons. The van der Waals surface area contributed by atoms with E-state index in [4.69, 9.17) is 6.42 Å². The van der Waals surface area contributed by atoms with E-state index in [-0.39, 0.29) is 0 Å². The molecular weight excluding hydrogens is 193 g/mol. The van der Waals surface area contributed by atoms with Gasteiger partial charge in [0.1, 0.15) is 0 Å². The molecule has 0 fully saturated rings. The van der Waals surface area contributed by atoms with Crippen LogP contribution in [0, 0.1) is 12.1 Å². The fourth-order valence-corrected chi connectivity index (χ4v) is 2.41. The van der Waals surface area contributed by atoms with Gasteiger partial charge in [0.15, 0.2) is 0 Å². The summed E-state index contributed by atoms with van der Waals surface area (Å²) in [4.78, 5) is 0. The zero-order valence-electron chi connectivity index (χ0n) is 7.97. The molecule has 1 aromatic carbocycles. The Labute approximate surface area is 84.4 Å². The van der Waals surface area contributed by atoms with Crippen LogP contribution in [0.15, 0.2) is 42.3 Å². The van der Waals surface area contributed by atoms with Gasteiger partial charge in [-0.3, -0.25) is 0 Å². The highest BCUT2D eigenvalue weighted by Gasteiger charge is 2.16. The number of rotatable bonds is 3. The van der Waals surface area contributed by atoms with Crippen molar-refractivity contribution in [1.29, 1.82) is 0 Å². The molecule has 2 nitrogen and oxygen atoms in total. The molecule has 3 heteroatoms. The van der Waals surface area contributed by atoms with Gasteiger partial charge in [-0.05, 0) is 5.66 Å². The lowest BCUT2D eigenvalue weighted by Gasteiger charge is -2.06. The molecule has 0 bridgehead atoms. The van der Waals surface area contributed by atoms with Crippen LogP contribution in [-0.2, 0) is 4.57 Å². The molecule has 1 unspecified atom stereocenters. The van der Waals surface area contributed by atoms with Crippen molar-refractivity contribution in [2.45, 2.75) is 0 Å². The smallest absolute Gasteiger partial charge is 0.204 e. The molecule has 1 aromatic rings. The summed E-state index contributed by atoms with van der Waals surface area (Å²) >= 11 is 0. The van der Waals surface area contributed by atoms with E-state index in [0.29, 0.717) is 5.30 Å². The summed E-state index contributed by atoms with van der Waals surface area (Å²) in [7, 11) is -1.05. The second-order valence-electron chi connectivity index (χ2n) is 2.73. The van der Waals surface area contributed by atoms with Crippen LogP contribution in [0.2, 0.25) is 0 Å². The van der Waals surface area contributed by atoms with E-state index in [0.717, 1.165) is 0 Å². The zero-order valence-corrected chi connectivity index (χ0v) is 8.87. The maximum absolute atomic E-state index is 12.2. The fraction of sp³-hybridized carbons (Fsp3) is 0.0909. The average Bonchev–Trinajstić information content (AvgIpc) is 2.27. The summed E-state index contributed by atoms with van der Waals surface area (Å²) in [6.45, 7) is 0. The largest absolute Gasteiger partial charge is 0.394 e. The Morgan fingerprint density at radius 1 is 1.43 bits per heavy atom. The molecule has 0 radical (unpaired) electrons. The number of nitrogens with one attached hydrogen (secondary N) is 1. The Morgan fingerprint density at radius 2 is 2.07 bits per heavy atom. The van der Waals surface area contributed by atoms with Crippen molar-refractivity contribution in [3.05, 3.63) is 42.3 Å². The third-order valence-corrected chi connectivity index (χ3v) is 3.80. The first-order chi connectivity index (χ1) is 6.73. The topological polar surface area (TPSA) is 29.1 Å². The van der Waals surface area contributed by atoms with Gasteiger partial charge in [0, 0.05) is 24.4 Å². The molecule has 1 N–H and O–H groups in total. The van der Waals surface area contributed by atoms with Gasteiger partial charge < -0.3 is 9.88 Å². The Kier molecular flexibility index (Phi) is 3.56. The maximum atomic E-state index is 12.2. The fourth-order valence-electron chi connectivity index (χ4n) is 1.03. The van der Waals surface area contributed by atoms with Gasteiger partial charge in [0.2, 0.25) is 7.14 Å².